The third-order valence-corrected chi connectivity index (χ3v) is 2.84. The minimum Gasteiger partial charge on any atom is -0.396 e. The van der Waals surface area contributed by atoms with Crippen molar-refractivity contribution in [3.8, 4) is 0 Å². The lowest BCUT2D eigenvalue weighted by Crippen LogP contribution is -2.34. The predicted octanol–water partition coefficient (Wildman–Crippen LogP) is 1.35. The summed E-state index contributed by atoms with van der Waals surface area (Å²) in [5, 5.41) is 11.6. The molecule has 0 radical (unpaired) electrons. The summed E-state index contributed by atoms with van der Waals surface area (Å²) >= 11 is 0. The number of aliphatic hydroxyl groups excluding tert-OH is 1. The molecule has 4 nitrogen and oxygen atoms in total. The Bertz CT molecular complexity index is 354. The SMILES string of the molecule is CC(CCCO)NC(=O)CC(N)c1ccccc1. The van der Waals surface area contributed by atoms with Crippen molar-refractivity contribution in [2.24, 2.45) is 5.73 Å². The van der Waals surface area contributed by atoms with Crippen LogP contribution < -0.4 is 11.1 Å². The number of rotatable bonds is 7. The molecule has 0 saturated heterocycles. The molecule has 1 aromatic carbocycles. The second-order valence-electron chi connectivity index (χ2n) is 4.56. The van der Waals surface area contributed by atoms with Crippen molar-refractivity contribution in [3.63, 3.8) is 0 Å². The predicted molar refractivity (Wildman–Crippen MR) is 71.9 cm³/mol. The number of carbonyl (C=O) groups is 1. The zero-order chi connectivity index (χ0) is 13.4. The van der Waals surface area contributed by atoms with Gasteiger partial charge in [0.1, 0.15) is 0 Å². The zero-order valence-electron chi connectivity index (χ0n) is 10.8. The summed E-state index contributed by atoms with van der Waals surface area (Å²) in [4.78, 5) is 11.7. The summed E-state index contributed by atoms with van der Waals surface area (Å²) < 4.78 is 0. The van der Waals surface area contributed by atoms with Gasteiger partial charge in [-0.2, -0.15) is 0 Å². The van der Waals surface area contributed by atoms with E-state index in [4.69, 9.17) is 10.8 Å². The molecule has 2 atom stereocenters. The van der Waals surface area contributed by atoms with Gasteiger partial charge in [0.2, 0.25) is 5.91 Å². The number of nitrogens with two attached hydrogens (primary N) is 1. The Morgan fingerprint density at radius 2 is 2.06 bits per heavy atom. The molecule has 4 heteroatoms. The Kier molecular flexibility index (Phi) is 6.39. The van der Waals surface area contributed by atoms with E-state index in [0.717, 1.165) is 12.0 Å². The molecule has 1 rings (SSSR count). The van der Waals surface area contributed by atoms with E-state index in [1.165, 1.54) is 0 Å². The van der Waals surface area contributed by atoms with E-state index in [1.54, 1.807) is 0 Å². The standard InChI is InChI=1S/C14H22N2O2/c1-11(6-5-9-17)16-14(18)10-13(15)12-7-3-2-4-8-12/h2-4,7-8,11,13,17H,5-6,9-10,15H2,1H3,(H,16,18). The van der Waals surface area contributed by atoms with Crippen LogP contribution in [0.2, 0.25) is 0 Å². The fraction of sp³-hybridized carbons (Fsp3) is 0.500. The molecule has 1 amide bonds. The van der Waals surface area contributed by atoms with Crippen LogP contribution in [0.5, 0.6) is 0 Å². The van der Waals surface area contributed by atoms with Crippen molar-refractivity contribution in [1.82, 2.24) is 5.32 Å². The van der Waals surface area contributed by atoms with Crippen molar-refractivity contribution >= 4 is 5.91 Å². The van der Waals surface area contributed by atoms with Crippen LogP contribution in [0.15, 0.2) is 30.3 Å². The summed E-state index contributed by atoms with van der Waals surface area (Å²) in [6, 6.07) is 9.41. The van der Waals surface area contributed by atoms with Crippen LogP contribution in [0.25, 0.3) is 0 Å². The summed E-state index contributed by atoms with van der Waals surface area (Å²) in [5.74, 6) is -0.0446. The van der Waals surface area contributed by atoms with Crippen LogP contribution in [0.4, 0.5) is 0 Å². The van der Waals surface area contributed by atoms with Gasteiger partial charge in [0, 0.05) is 25.1 Å². The average molecular weight is 250 g/mol. The molecule has 0 aliphatic heterocycles. The minimum atomic E-state index is -0.267. The van der Waals surface area contributed by atoms with Gasteiger partial charge < -0.3 is 16.2 Å². The Morgan fingerprint density at radius 1 is 1.39 bits per heavy atom. The number of benzene rings is 1. The van der Waals surface area contributed by atoms with Crippen LogP contribution >= 0.6 is 0 Å². The third kappa shape index (κ3) is 5.29. The van der Waals surface area contributed by atoms with Crippen LogP contribution in [-0.4, -0.2) is 23.7 Å². The molecular formula is C14H22N2O2. The van der Waals surface area contributed by atoms with Crippen molar-refractivity contribution in [1.29, 1.82) is 0 Å². The molecule has 0 aromatic heterocycles. The molecule has 100 valence electrons. The lowest BCUT2D eigenvalue weighted by atomic mass is 10.0. The lowest BCUT2D eigenvalue weighted by molar-refractivity contribution is -0.122. The van der Waals surface area contributed by atoms with Gasteiger partial charge in [-0.05, 0) is 25.3 Å². The maximum absolute atomic E-state index is 11.7. The third-order valence-electron chi connectivity index (χ3n) is 2.84. The van der Waals surface area contributed by atoms with Gasteiger partial charge in [0.15, 0.2) is 0 Å². The van der Waals surface area contributed by atoms with E-state index in [1.807, 2.05) is 37.3 Å². The number of aliphatic hydroxyl groups is 1. The fourth-order valence-electron chi connectivity index (χ4n) is 1.82. The number of amides is 1. The van der Waals surface area contributed by atoms with E-state index in [9.17, 15) is 4.79 Å². The first-order valence-corrected chi connectivity index (χ1v) is 6.34. The highest BCUT2D eigenvalue weighted by Crippen LogP contribution is 2.13. The van der Waals surface area contributed by atoms with Gasteiger partial charge in [-0.25, -0.2) is 0 Å². The molecule has 0 bridgehead atoms. The number of hydrogen-bond acceptors (Lipinski definition) is 3. The average Bonchev–Trinajstić information content (AvgIpc) is 2.37. The maximum Gasteiger partial charge on any atom is 0.222 e. The molecule has 4 N–H and O–H groups in total. The van der Waals surface area contributed by atoms with Crippen molar-refractivity contribution in [2.75, 3.05) is 6.61 Å². The Hall–Kier alpha value is -1.39. The molecule has 2 unspecified atom stereocenters. The molecule has 1 aromatic rings. The monoisotopic (exact) mass is 250 g/mol. The second kappa shape index (κ2) is 7.84. The molecule has 0 aliphatic carbocycles. The fourth-order valence-corrected chi connectivity index (χ4v) is 1.82. The molecule has 0 heterocycles. The normalized spacial score (nSPS) is 13.9. The van der Waals surface area contributed by atoms with E-state index in [2.05, 4.69) is 5.32 Å². The first kappa shape index (κ1) is 14.7. The van der Waals surface area contributed by atoms with Gasteiger partial charge in [-0.1, -0.05) is 30.3 Å². The minimum absolute atomic E-state index is 0.0446. The molecule has 0 spiro atoms. The number of hydrogen-bond donors (Lipinski definition) is 3. The molecule has 0 fully saturated rings. The van der Waals surface area contributed by atoms with Gasteiger partial charge in [0.05, 0.1) is 0 Å². The highest BCUT2D eigenvalue weighted by molar-refractivity contribution is 5.77. The summed E-state index contributed by atoms with van der Waals surface area (Å²) in [6.07, 6.45) is 1.77. The highest BCUT2D eigenvalue weighted by Gasteiger charge is 2.13. The van der Waals surface area contributed by atoms with Gasteiger partial charge >= 0.3 is 0 Å². The van der Waals surface area contributed by atoms with Crippen molar-refractivity contribution in [3.05, 3.63) is 35.9 Å². The van der Waals surface area contributed by atoms with E-state index < -0.39 is 0 Å². The molecule has 0 saturated carbocycles. The van der Waals surface area contributed by atoms with E-state index in [-0.39, 0.29) is 31.0 Å². The second-order valence-corrected chi connectivity index (χ2v) is 4.56. The van der Waals surface area contributed by atoms with E-state index in [0.29, 0.717) is 6.42 Å². The highest BCUT2D eigenvalue weighted by atomic mass is 16.2. The molecular weight excluding hydrogens is 228 g/mol. The Balaban J connectivity index is 2.36. The Morgan fingerprint density at radius 3 is 2.67 bits per heavy atom. The van der Waals surface area contributed by atoms with Crippen LogP contribution in [0.1, 0.15) is 37.8 Å². The Labute approximate surface area is 108 Å². The van der Waals surface area contributed by atoms with Crippen molar-refractivity contribution in [2.45, 2.75) is 38.3 Å². The van der Waals surface area contributed by atoms with E-state index >= 15 is 0 Å². The van der Waals surface area contributed by atoms with Gasteiger partial charge in [-0.3, -0.25) is 4.79 Å². The summed E-state index contributed by atoms with van der Waals surface area (Å²) in [5.41, 5.74) is 6.94. The number of carbonyl (C=O) groups excluding carboxylic acids is 1. The first-order valence-electron chi connectivity index (χ1n) is 6.34. The topological polar surface area (TPSA) is 75.3 Å². The van der Waals surface area contributed by atoms with Crippen LogP contribution in [0.3, 0.4) is 0 Å². The summed E-state index contributed by atoms with van der Waals surface area (Å²) in [7, 11) is 0. The summed E-state index contributed by atoms with van der Waals surface area (Å²) in [6.45, 7) is 2.09. The van der Waals surface area contributed by atoms with Crippen molar-refractivity contribution < 1.29 is 9.90 Å². The van der Waals surface area contributed by atoms with Gasteiger partial charge in [0.25, 0.3) is 0 Å². The molecule has 0 aliphatic rings. The largest absolute Gasteiger partial charge is 0.396 e. The maximum atomic E-state index is 11.7. The quantitative estimate of drug-likeness (QED) is 0.684. The first-order chi connectivity index (χ1) is 8.63. The van der Waals surface area contributed by atoms with Crippen LogP contribution in [0, 0.1) is 0 Å². The van der Waals surface area contributed by atoms with Crippen LogP contribution in [-0.2, 0) is 4.79 Å². The lowest BCUT2D eigenvalue weighted by Gasteiger charge is -2.16. The van der Waals surface area contributed by atoms with Gasteiger partial charge in [-0.15, -0.1) is 0 Å². The zero-order valence-corrected chi connectivity index (χ0v) is 10.8. The number of nitrogens with one attached hydrogen (secondary N) is 1. The molecule has 18 heavy (non-hydrogen) atoms. The smallest absolute Gasteiger partial charge is 0.222 e.